The topological polar surface area (TPSA) is 213 Å². The minimum atomic E-state index is -1.51. The summed E-state index contributed by atoms with van der Waals surface area (Å²) in [6, 6.07) is 3.84. The second-order valence-electron chi connectivity index (χ2n) is 7.82. The van der Waals surface area contributed by atoms with Crippen LogP contribution in [0.5, 0.6) is 0 Å². The molecule has 10 N–H and O–H groups in total. The molecule has 186 valence electrons. The van der Waals surface area contributed by atoms with Crippen LogP contribution in [-0.4, -0.2) is 76.7 Å². The molecule has 12 heteroatoms. The largest absolute Gasteiger partial charge is 0.480 e. The second-order valence-corrected chi connectivity index (χ2v) is 7.82. The normalized spacial score (nSPS) is 13.6. The van der Waals surface area contributed by atoms with Gasteiger partial charge in [-0.05, 0) is 37.4 Å². The molecule has 0 aliphatic carbocycles. The minimum absolute atomic E-state index is 0.132. The molecule has 0 aliphatic rings. The summed E-state index contributed by atoms with van der Waals surface area (Å²) < 4.78 is 0. The van der Waals surface area contributed by atoms with Gasteiger partial charge in [-0.1, -0.05) is 18.2 Å². The Morgan fingerprint density at radius 3 is 2.26 bits per heavy atom. The monoisotopic (exact) mass is 476 g/mol. The molecule has 0 saturated carbocycles. The maximum absolute atomic E-state index is 13.1. The number of carbonyl (C=O) groups excluding carboxylic acids is 3. The molecule has 0 saturated heterocycles. The quantitative estimate of drug-likeness (QED) is 0.147. The van der Waals surface area contributed by atoms with Crippen molar-refractivity contribution in [2.24, 2.45) is 11.5 Å². The minimum Gasteiger partial charge on any atom is -0.480 e. The van der Waals surface area contributed by atoms with Crippen LogP contribution in [-0.2, 0) is 25.6 Å². The molecule has 3 atom stereocenters. The Hall–Kier alpha value is -3.48. The van der Waals surface area contributed by atoms with E-state index in [0.717, 1.165) is 16.5 Å². The number of rotatable bonds is 14. The van der Waals surface area contributed by atoms with Crippen LogP contribution in [0.25, 0.3) is 10.9 Å². The van der Waals surface area contributed by atoms with E-state index in [-0.39, 0.29) is 19.4 Å². The van der Waals surface area contributed by atoms with E-state index in [9.17, 15) is 24.3 Å². The van der Waals surface area contributed by atoms with Crippen molar-refractivity contribution in [2.45, 2.75) is 43.8 Å². The van der Waals surface area contributed by atoms with E-state index in [1.54, 1.807) is 6.20 Å². The van der Waals surface area contributed by atoms with Crippen molar-refractivity contribution in [1.82, 2.24) is 20.9 Å². The fourth-order valence-electron chi connectivity index (χ4n) is 3.47. The number of unbranched alkanes of at least 4 members (excludes halogenated alkanes) is 1. The Labute approximate surface area is 196 Å². The highest BCUT2D eigenvalue weighted by Crippen LogP contribution is 2.19. The Bertz CT molecular complexity index is 993. The molecule has 2 rings (SSSR count). The first-order valence-electron chi connectivity index (χ1n) is 11.0. The summed E-state index contributed by atoms with van der Waals surface area (Å²) in [7, 11) is 0. The van der Waals surface area contributed by atoms with Crippen molar-refractivity contribution in [3.05, 3.63) is 36.0 Å². The average Bonchev–Trinajstić information content (AvgIpc) is 3.23. The zero-order valence-electron chi connectivity index (χ0n) is 18.8. The maximum Gasteiger partial charge on any atom is 0.328 e. The molecule has 0 radical (unpaired) electrons. The number of benzene rings is 1. The molecule has 0 bridgehead atoms. The summed E-state index contributed by atoms with van der Waals surface area (Å²) in [5.41, 5.74) is 12.6. The van der Waals surface area contributed by atoms with Crippen LogP contribution in [0.15, 0.2) is 30.5 Å². The Kier molecular flexibility index (Phi) is 10.5. The highest BCUT2D eigenvalue weighted by molar-refractivity contribution is 5.94. The third kappa shape index (κ3) is 7.54. The number of nitrogens with one attached hydrogen (secondary N) is 4. The lowest BCUT2D eigenvalue weighted by Crippen LogP contribution is -2.57. The fourth-order valence-corrected chi connectivity index (χ4v) is 3.47. The molecule has 12 nitrogen and oxygen atoms in total. The number of aliphatic hydroxyl groups excluding tert-OH is 1. The number of aromatic nitrogens is 1. The van der Waals surface area contributed by atoms with Crippen LogP contribution < -0.4 is 27.4 Å². The van der Waals surface area contributed by atoms with E-state index < -0.39 is 48.4 Å². The number of hydrogen-bond acceptors (Lipinski definition) is 7. The van der Waals surface area contributed by atoms with Crippen molar-refractivity contribution >= 4 is 34.6 Å². The number of carbonyl (C=O) groups is 4. The number of aromatic amines is 1. The summed E-state index contributed by atoms with van der Waals surface area (Å²) in [4.78, 5) is 52.1. The average molecular weight is 477 g/mol. The van der Waals surface area contributed by atoms with Gasteiger partial charge in [-0.25, -0.2) is 4.79 Å². The highest BCUT2D eigenvalue weighted by atomic mass is 16.4. The van der Waals surface area contributed by atoms with Gasteiger partial charge in [0, 0.05) is 23.5 Å². The Balaban J connectivity index is 2.21. The molecule has 34 heavy (non-hydrogen) atoms. The van der Waals surface area contributed by atoms with Gasteiger partial charge in [0.1, 0.15) is 18.1 Å². The second kappa shape index (κ2) is 13.3. The number of amides is 3. The van der Waals surface area contributed by atoms with E-state index in [1.165, 1.54) is 0 Å². The molecule has 1 aromatic heterocycles. The first-order valence-corrected chi connectivity index (χ1v) is 11.0. The molecule has 0 aliphatic heterocycles. The number of aliphatic carboxylic acids is 1. The van der Waals surface area contributed by atoms with Crippen molar-refractivity contribution in [2.75, 3.05) is 19.7 Å². The summed E-state index contributed by atoms with van der Waals surface area (Å²) >= 11 is 0. The molecule has 1 heterocycles. The van der Waals surface area contributed by atoms with E-state index in [4.69, 9.17) is 16.6 Å². The summed E-state index contributed by atoms with van der Waals surface area (Å²) in [6.45, 7) is -0.748. The van der Waals surface area contributed by atoms with Crippen molar-refractivity contribution < 1.29 is 29.4 Å². The standard InChI is InChI=1S/C22H32N6O6/c23-8-4-3-7-16(20(31)28-18(12-29)22(33)34)27-21(32)17(26-19(30)10-24)9-13-11-25-15-6-2-1-5-14(13)15/h1-2,5-6,11,16-18,25,29H,3-4,7-10,12,23-24H2,(H,26,30)(H,27,32)(H,28,31)(H,33,34). The molecule has 0 fully saturated rings. The number of carboxylic acids is 1. The molecular formula is C22H32N6O6. The fraction of sp³-hybridized carbons (Fsp3) is 0.455. The van der Waals surface area contributed by atoms with E-state index in [1.807, 2.05) is 24.3 Å². The van der Waals surface area contributed by atoms with Gasteiger partial charge < -0.3 is 42.6 Å². The number of aliphatic hydroxyl groups is 1. The van der Waals surface area contributed by atoms with Crippen LogP contribution in [0.2, 0.25) is 0 Å². The summed E-state index contributed by atoms with van der Waals surface area (Å²) in [6.07, 6.45) is 3.15. The molecule has 3 amide bonds. The smallest absolute Gasteiger partial charge is 0.328 e. The predicted molar refractivity (Wildman–Crippen MR) is 124 cm³/mol. The van der Waals surface area contributed by atoms with Gasteiger partial charge in [0.2, 0.25) is 17.7 Å². The van der Waals surface area contributed by atoms with E-state index in [2.05, 4.69) is 20.9 Å². The van der Waals surface area contributed by atoms with Crippen molar-refractivity contribution in [3.8, 4) is 0 Å². The molecular weight excluding hydrogens is 444 g/mol. The van der Waals surface area contributed by atoms with Gasteiger partial charge >= 0.3 is 5.97 Å². The summed E-state index contributed by atoms with van der Waals surface area (Å²) in [5, 5.41) is 26.6. The van der Waals surface area contributed by atoms with Gasteiger partial charge in [0.25, 0.3) is 0 Å². The predicted octanol–water partition coefficient (Wildman–Crippen LogP) is -1.67. The number of carboxylic acid groups (broad SMARTS) is 1. The van der Waals surface area contributed by atoms with E-state index in [0.29, 0.717) is 19.4 Å². The van der Waals surface area contributed by atoms with Crippen molar-refractivity contribution in [1.29, 1.82) is 0 Å². The van der Waals surface area contributed by atoms with Gasteiger partial charge in [0.15, 0.2) is 0 Å². The molecule has 3 unspecified atom stereocenters. The lowest BCUT2D eigenvalue weighted by atomic mass is 10.0. The number of para-hydroxylation sites is 1. The molecule has 2 aromatic rings. The summed E-state index contributed by atoms with van der Waals surface area (Å²) in [5.74, 6) is -3.34. The third-order valence-electron chi connectivity index (χ3n) is 5.31. The first kappa shape index (κ1) is 26.8. The lowest BCUT2D eigenvalue weighted by Gasteiger charge is -2.24. The van der Waals surface area contributed by atoms with Crippen LogP contribution in [0.4, 0.5) is 0 Å². The van der Waals surface area contributed by atoms with Gasteiger partial charge in [-0.2, -0.15) is 0 Å². The zero-order chi connectivity index (χ0) is 25.1. The Morgan fingerprint density at radius 1 is 0.941 bits per heavy atom. The number of fused-ring (bicyclic) bond motifs is 1. The maximum atomic E-state index is 13.1. The van der Waals surface area contributed by atoms with Crippen LogP contribution in [0.3, 0.4) is 0 Å². The van der Waals surface area contributed by atoms with Crippen LogP contribution >= 0.6 is 0 Å². The number of H-pyrrole nitrogens is 1. The number of hydrogen-bond donors (Lipinski definition) is 8. The lowest BCUT2D eigenvalue weighted by molar-refractivity contribution is -0.143. The zero-order valence-corrected chi connectivity index (χ0v) is 18.8. The first-order chi connectivity index (χ1) is 16.3. The third-order valence-corrected chi connectivity index (χ3v) is 5.31. The highest BCUT2D eigenvalue weighted by Gasteiger charge is 2.29. The van der Waals surface area contributed by atoms with Gasteiger partial charge in [0.05, 0.1) is 13.2 Å². The van der Waals surface area contributed by atoms with Crippen LogP contribution in [0.1, 0.15) is 24.8 Å². The van der Waals surface area contributed by atoms with Gasteiger partial charge in [-0.3, -0.25) is 14.4 Å². The molecule has 0 spiro atoms. The molecule has 1 aromatic carbocycles. The van der Waals surface area contributed by atoms with Crippen molar-refractivity contribution in [3.63, 3.8) is 0 Å². The van der Waals surface area contributed by atoms with E-state index >= 15 is 0 Å². The number of nitrogens with two attached hydrogens (primary N) is 2. The SMILES string of the molecule is NCCCCC(NC(=O)C(Cc1c[nH]c2ccccc12)NC(=O)CN)C(=O)NC(CO)C(=O)O. The van der Waals surface area contributed by atoms with Crippen LogP contribution in [0, 0.1) is 0 Å². The van der Waals surface area contributed by atoms with Gasteiger partial charge in [-0.15, -0.1) is 0 Å². The Morgan fingerprint density at radius 2 is 1.62 bits per heavy atom.